The number of benzene rings is 1. The molecule has 0 radical (unpaired) electrons. The Bertz CT molecular complexity index is 758. The van der Waals surface area contributed by atoms with Crippen LogP contribution in [0.15, 0.2) is 24.3 Å². The summed E-state index contributed by atoms with van der Waals surface area (Å²) >= 11 is 5.95. The Labute approximate surface area is 138 Å². The predicted octanol–water partition coefficient (Wildman–Crippen LogP) is 1.83. The minimum atomic E-state index is -0.280. The molecule has 1 amide bonds. The molecule has 1 unspecified atom stereocenters. The molecule has 1 aromatic carbocycles. The maximum Gasteiger partial charge on any atom is 0.308 e. The van der Waals surface area contributed by atoms with Crippen molar-refractivity contribution in [2.24, 2.45) is 11.7 Å². The molecule has 0 spiro atoms. The van der Waals surface area contributed by atoms with Crippen molar-refractivity contribution < 1.29 is 14.3 Å². The zero-order valence-corrected chi connectivity index (χ0v) is 13.4. The molecule has 4 N–H and O–H groups in total. The first-order valence-electron chi connectivity index (χ1n) is 7.40. The van der Waals surface area contributed by atoms with E-state index in [0.717, 1.165) is 10.9 Å². The van der Waals surface area contributed by atoms with E-state index in [0.29, 0.717) is 23.6 Å². The Balaban J connectivity index is 1.72. The normalized spacial score (nSPS) is 23.9. The smallest absolute Gasteiger partial charge is 0.308 e. The van der Waals surface area contributed by atoms with Crippen LogP contribution in [0.5, 0.6) is 0 Å². The van der Waals surface area contributed by atoms with Gasteiger partial charge in [-0.25, -0.2) is 0 Å². The monoisotopic (exact) mass is 335 g/mol. The number of rotatable bonds is 3. The molecule has 3 rings (SSSR count). The molecular formula is C16H18ClN3O3. The fraction of sp³-hybridized carbons (Fsp3) is 0.375. The zero-order chi connectivity index (χ0) is 16.6. The lowest BCUT2D eigenvalue weighted by Crippen LogP contribution is -2.44. The number of halogens is 1. The van der Waals surface area contributed by atoms with Gasteiger partial charge in [-0.2, -0.15) is 0 Å². The van der Waals surface area contributed by atoms with Gasteiger partial charge in [-0.3, -0.25) is 9.59 Å². The summed E-state index contributed by atoms with van der Waals surface area (Å²) in [5.74, 6) is -0.789. The maximum atomic E-state index is 12.4. The number of aromatic nitrogens is 1. The Morgan fingerprint density at radius 2 is 2.13 bits per heavy atom. The lowest BCUT2D eigenvalue weighted by Gasteiger charge is -2.16. The number of hydrogen-bond donors (Lipinski definition) is 3. The van der Waals surface area contributed by atoms with E-state index in [9.17, 15) is 9.59 Å². The van der Waals surface area contributed by atoms with Crippen LogP contribution in [0.4, 0.5) is 0 Å². The van der Waals surface area contributed by atoms with Crippen molar-refractivity contribution in [3.8, 4) is 0 Å². The average molecular weight is 336 g/mol. The Kier molecular flexibility index (Phi) is 4.28. The fourth-order valence-corrected chi connectivity index (χ4v) is 3.25. The third-order valence-electron chi connectivity index (χ3n) is 4.29. The number of esters is 1. The molecule has 3 atom stereocenters. The molecule has 1 aliphatic rings. The summed E-state index contributed by atoms with van der Waals surface area (Å²) in [6.45, 7) is 0. The molecule has 122 valence electrons. The summed E-state index contributed by atoms with van der Waals surface area (Å²) in [6.07, 6.45) is 1.01. The van der Waals surface area contributed by atoms with Crippen molar-refractivity contribution in [3.05, 3.63) is 35.0 Å². The second-order valence-electron chi connectivity index (χ2n) is 5.85. The summed E-state index contributed by atoms with van der Waals surface area (Å²) in [5, 5.41) is 4.37. The van der Waals surface area contributed by atoms with Gasteiger partial charge in [0.2, 0.25) is 0 Å². The molecule has 0 bridgehead atoms. The summed E-state index contributed by atoms with van der Waals surface area (Å²) in [6, 6.07) is 6.61. The van der Waals surface area contributed by atoms with Gasteiger partial charge < -0.3 is 20.8 Å². The summed E-state index contributed by atoms with van der Waals surface area (Å²) in [4.78, 5) is 27.1. The molecule has 1 fully saturated rings. The number of hydrogen-bond acceptors (Lipinski definition) is 4. The first-order valence-corrected chi connectivity index (χ1v) is 7.78. The van der Waals surface area contributed by atoms with E-state index >= 15 is 0 Å². The highest BCUT2D eigenvalue weighted by atomic mass is 35.5. The minimum Gasteiger partial charge on any atom is -0.469 e. The number of nitrogens with two attached hydrogens (primary N) is 1. The standard InChI is InChI=1S/C16H18ClN3O3/c1-23-16(22)9-5-11(18)13(7-9)20-15(21)14-6-8-4-10(17)2-3-12(8)19-14/h2-4,6,9,11,13,19H,5,7,18H2,1H3,(H,20,21)/t9?,11-,13-/m1/s1. The maximum absolute atomic E-state index is 12.4. The molecule has 2 aromatic rings. The van der Waals surface area contributed by atoms with E-state index in [1.807, 2.05) is 6.07 Å². The van der Waals surface area contributed by atoms with E-state index in [2.05, 4.69) is 10.3 Å². The number of amides is 1. The van der Waals surface area contributed by atoms with Crippen molar-refractivity contribution >= 4 is 34.4 Å². The van der Waals surface area contributed by atoms with Crippen LogP contribution in [0.1, 0.15) is 23.3 Å². The fourth-order valence-electron chi connectivity index (χ4n) is 3.07. The highest BCUT2D eigenvalue weighted by Gasteiger charge is 2.37. The lowest BCUT2D eigenvalue weighted by molar-refractivity contribution is -0.145. The molecule has 6 nitrogen and oxygen atoms in total. The molecule has 1 heterocycles. The van der Waals surface area contributed by atoms with E-state index in [1.54, 1.807) is 18.2 Å². The van der Waals surface area contributed by atoms with Crippen LogP contribution in [0.3, 0.4) is 0 Å². The molecule has 1 saturated carbocycles. The summed E-state index contributed by atoms with van der Waals surface area (Å²) in [7, 11) is 1.36. The van der Waals surface area contributed by atoms with E-state index in [1.165, 1.54) is 7.11 Å². The van der Waals surface area contributed by atoms with E-state index in [4.69, 9.17) is 22.1 Å². The molecule has 0 aliphatic heterocycles. The van der Waals surface area contributed by atoms with Gasteiger partial charge in [-0.1, -0.05) is 11.6 Å². The van der Waals surface area contributed by atoms with Crippen molar-refractivity contribution in [3.63, 3.8) is 0 Å². The first kappa shape index (κ1) is 15.8. The second kappa shape index (κ2) is 6.22. The highest BCUT2D eigenvalue weighted by Crippen LogP contribution is 2.26. The van der Waals surface area contributed by atoms with Gasteiger partial charge in [0.15, 0.2) is 0 Å². The van der Waals surface area contributed by atoms with Gasteiger partial charge in [0.05, 0.1) is 13.0 Å². The van der Waals surface area contributed by atoms with Crippen molar-refractivity contribution in [1.82, 2.24) is 10.3 Å². The average Bonchev–Trinajstić information content (AvgIpc) is 3.10. The van der Waals surface area contributed by atoms with Gasteiger partial charge in [0, 0.05) is 28.0 Å². The number of ether oxygens (including phenoxy) is 1. The van der Waals surface area contributed by atoms with Crippen LogP contribution < -0.4 is 11.1 Å². The number of aromatic amines is 1. The largest absolute Gasteiger partial charge is 0.469 e. The first-order chi connectivity index (χ1) is 11.0. The van der Waals surface area contributed by atoms with Gasteiger partial charge in [-0.05, 0) is 37.1 Å². The number of nitrogens with one attached hydrogen (secondary N) is 2. The van der Waals surface area contributed by atoms with Gasteiger partial charge in [-0.15, -0.1) is 0 Å². The summed E-state index contributed by atoms with van der Waals surface area (Å²) in [5.41, 5.74) is 7.31. The predicted molar refractivity (Wildman–Crippen MR) is 87.3 cm³/mol. The van der Waals surface area contributed by atoms with Crippen molar-refractivity contribution in [1.29, 1.82) is 0 Å². The van der Waals surface area contributed by atoms with Crippen LogP contribution in [0.25, 0.3) is 10.9 Å². The van der Waals surface area contributed by atoms with Crippen LogP contribution in [0, 0.1) is 5.92 Å². The van der Waals surface area contributed by atoms with Crippen LogP contribution in [-0.2, 0) is 9.53 Å². The van der Waals surface area contributed by atoms with Crippen LogP contribution in [0.2, 0.25) is 5.02 Å². The third-order valence-corrected chi connectivity index (χ3v) is 4.53. The SMILES string of the molecule is COC(=O)C1C[C@@H](N)[C@H](NC(=O)c2cc3cc(Cl)ccc3[nH]2)C1. The molecule has 23 heavy (non-hydrogen) atoms. The van der Waals surface area contributed by atoms with Gasteiger partial charge >= 0.3 is 5.97 Å². The van der Waals surface area contributed by atoms with Crippen LogP contribution in [-0.4, -0.2) is 36.1 Å². The Morgan fingerprint density at radius 1 is 1.35 bits per heavy atom. The second-order valence-corrected chi connectivity index (χ2v) is 6.29. The molecular weight excluding hydrogens is 318 g/mol. The number of fused-ring (bicyclic) bond motifs is 1. The van der Waals surface area contributed by atoms with Gasteiger partial charge in [0.25, 0.3) is 5.91 Å². The molecule has 7 heteroatoms. The Morgan fingerprint density at radius 3 is 2.87 bits per heavy atom. The van der Waals surface area contributed by atoms with Crippen LogP contribution >= 0.6 is 11.6 Å². The molecule has 1 aromatic heterocycles. The summed E-state index contributed by atoms with van der Waals surface area (Å²) < 4.78 is 4.75. The topological polar surface area (TPSA) is 97.2 Å². The zero-order valence-electron chi connectivity index (χ0n) is 12.6. The van der Waals surface area contributed by atoms with Crippen molar-refractivity contribution in [2.45, 2.75) is 24.9 Å². The van der Waals surface area contributed by atoms with E-state index in [-0.39, 0.29) is 29.9 Å². The van der Waals surface area contributed by atoms with E-state index < -0.39 is 0 Å². The number of carbonyl (C=O) groups is 2. The number of methoxy groups -OCH3 is 1. The number of H-pyrrole nitrogens is 1. The molecule has 1 aliphatic carbocycles. The number of carbonyl (C=O) groups excluding carboxylic acids is 2. The highest BCUT2D eigenvalue weighted by molar-refractivity contribution is 6.31. The quantitative estimate of drug-likeness (QED) is 0.745. The van der Waals surface area contributed by atoms with Crippen molar-refractivity contribution in [2.75, 3.05) is 7.11 Å². The van der Waals surface area contributed by atoms with Gasteiger partial charge in [0.1, 0.15) is 5.69 Å². The molecule has 0 saturated heterocycles. The Hall–Kier alpha value is -2.05. The minimum absolute atomic E-state index is 0.247. The third kappa shape index (κ3) is 3.18. The lowest BCUT2D eigenvalue weighted by atomic mass is 10.1.